The van der Waals surface area contributed by atoms with Crippen molar-refractivity contribution in [1.82, 2.24) is 19.5 Å². The van der Waals surface area contributed by atoms with Crippen LogP contribution in [0.1, 0.15) is 43.3 Å². The van der Waals surface area contributed by atoms with Crippen LogP contribution in [0.5, 0.6) is 0 Å². The van der Waals surface area contributed by atoms with Gasteiger partial charge in [0.15, 0.2) is 11.3 Å². The molecule has 0 saturated heterocycles. The molecule has 7 heteroatoms. The summed E-state index contributed by atoms with van der Waals surface area (Å²) in [7, 11) is 0. The highest BCUT2D eigenvalue weighted by Crippen LogP contribution is 2.37. The first-order valence-electron chi connectivity index (χ1n) is 6.45. The molecule has 2 saturated carbocycles. The second-order valence-electron chi connectivity index (χ2n) is 5.43. The van der Waals surface area contributed by atoms with Crippen LogP contribution in [0.2, 0.25) is 0 Å². The Morgan fingerprint density at radius 1 is 1.37 bits per heavy atom. The second-order valence-corrected chi connectivity index (χ2v) is 5.43. The van der Waals surface area contributed by atoms with Gasteiger partial charge in [0.1, 0.15) is 0 Å². The van der Waals surface area contributed by atoms with Gasteiger partial charge < -0.3 is 5.73 Å². The van der Waals surface area contributed by atoms with Gasteiger partial charge in [-0.15, -0.1) is 12.4 Å². The Morgan fingerprint density at radius 2 is 2.11 bits per heavy atom. The summed E-state index contributed by atoms with van der Waals surface area (Å²) in [6, 6.07) is 0.615. The van der Waals surface area contributed by atoms with Gasteiger partial charge in [0.2, 0.25) is 0 Å². The lowest BCUT2D eigenvalue weighted by Gasteiger charge is -2.31. The summed E-state index contributed by atoms with van der Waals surface area (Å²) in [6.45, 7) is 0. The molecule has 102 valence electrons. The molecule has 0 amide bonds. The van der Waals surface area contributed by atoms with E-state index >= 15 is 0 Å². The van der Waals surface area contributed by atoms with E-state index in [-0.39, 0.29) is 18.1 Å². The molecule has 2 heterocycles. The lowest BCUT2D eigenvalue weighted by atomic mass is 9.79. The molecule has 3 N–H and O–H groups in total. The Labute approximate surface area is 115 Å². The molecule has 2 aliphatic rings. The van der Waals surface area contributed by atoms with Crippen molar-refractivity contribution in [1.29, 1.82) is 0 Å². The highest BCUT2D eigenvalue weighted by molar-refractivity contribution is 5.85. The number of hydrogen-bond donors (Lipinski definition) is 2. The van der Waals surface area contributed by atoms with Gasteiger partial charge in [0.05, 0.1) is 11.9 Å². The topological polar surface area (TPSA) is 89.6 Å². The van der Waals surface area contributed by atoms with E-state index in [1.807, 2.05) is 0 Å². The van der Waals surface area contributed by atoms with Gasteiger partial charge >= 0.3 is 5.69 Å². The van der Waals surface area contributed by atoms with Crippen LogP contribution in [-0.2, 0) is 0 Å². The third kappa shape index (κ3) is 1.95. The summed E-state index contributed by atoms with van der Waals surface area (Å²) in [5, 5.41) is 0. The lowest BCUT2D eigenvalue weighted by molar-refractivity contribution is 0.345. The van der Waals surface area contributed by atoms with Crippen molar-refractivity contribution in [2.24, 2.45) is 5.73 Å². The molecule has 0 aliphatic heterocycles. The van der Waals surface area contributed by atoms with Crippen LogP contribution in [0.15, 0.2) is 11.0 Å². The van der Waals surface area contributed by atoms with E-state index in [0.717, 1.165) is 31.4 Å². The standard InChI is InChI=1S/C12H15N5O.ClH/c13-7-3-6(4-7)9-5-14-10-11(15-9)17(8-1-2-8)12(18)16-10;/h5-8H,1-4,13H2,(H,14,16,18);1H. The summed E-state index contributed by atoms with van der Waals surface area (Å²) in [4.78, 5) is 23.6. The minimum atomic E-state index is -0.0880. The SMILES string of the molecule is Cl.NC1CC(c2cnc3[nH]c(=O)n(C4CC4)c3n2)C1. The van der Waals surface area contributed by atoms with Crippen molar-refractivity contribution in [2.75, 3.05) is 0 Å². The third-order valence-electron chi connectivity index (χ3n) is 3.95. The quantitative estimate of drug-likeness (QED) is 0.862. The zero-order valence-electron chi connectivity index (χ0n) is 10.4. The molecular weight excluding hydrogens is 266 g/mol. The van der Waals surface area contributed by atoms with Crippen LogP contribution in [0.3, 0.4) is 0 Å². The van der Waals surface area contributed by atoms with Crippen molar-refractivity contribution in [3.8, 4) is 0 Å². The van der Waals surface area contributed by atoms with Crippen molar-refractivity contribution in [3.05, 3.63) is 22.4 Å². The molecule has 0 atom stereocenters. The molecule has 0 radical (unpaired) electrons. The molecule has 0 aromatic carbocycles. The highest BCUT2D eigenvalue weighted by atomic mass is 35.5. The minimum Gasteiger partial charge on any atom is -0.328 e. The number of nitrogens with one attached hydrogen (secondary N) is 1. The number of rotatable bonds is 2. The smallest absolute Gasteiger partial charge is 0.328 e. The Balaban J connectivity index is 0.00000110. The first-order chi connectivity index (χ1) is 8.72. The number of nitrogens with two attached hydrogens (primary N) is 1. The van der Waals surface area contributed by atoms with E-state index in [4.69, 9.17) is 5.73 Å². The Morgan fingerprint density at radius 3 is 2.74 bits per heavy atom. The molecule has 2 aliphatic carbocycles. The number of hydrogen-bond acceptors (Lipinski definition) is 4. The summed E-state index contributed by atoms with van der Waals surface area (Å²) >= 11 is 0. The van der Waals surface area contributed by atoms with E-state index < -0.39 is 0 Å². The number of aromatic nitrogens is 4. The molecule has 0 spiro atoms. The summed E-state index contributed by atoms with van der Waals surface area (Å²) in [5.74, 6) is 0.412. The predicted octanol–water partition coefficient (Wildman–Crippen LogP) is 1.08. The normalized spacial score (nSPS) is 25.9. The van der Waals surface area contributed by atoms with Crippen molar-refractivity contribution < 1.29 is 0 Å². The van der Waals surface area contributed by atoms with Gasteiger partial charge in [-0.2, -0.15) is 0 Å². The minimum absolute atomic E-state index is 0. The van der Waals surface area contributed by atoms with Gasteiger partial charge in [-0.25, -0.2) is 14.8 Å². The maximum atomic E-state index is 11.8. The summed E-state index contributed by atoms with van der Waals surface area (Å²) in [6.07, 6.45) is 5.84. The van der Waals surface area contributed by atoms with Crippen molar-refractivity contribution in [3.63, 3.8) is 0 Å². The zero-order chi connectivity index (χ0) is 12.3. The molecule has 2 aromatic rings. The maximum Gasteiger partial charge on any atom is 0.329 e. The van der Waals surface area contributed by atoms with Crippen LogP contribution in [0.4, 0.5) is 0 Å². The Bertz CT molecular complexity index is 668. The second kappa shape index (κ2) is 4.31. The molecule has 0 bridgehead atoms. The largest absolute Gasteiger partial charge is 0.329 e. The molecule has 2 aromatic heterocycles. The fraction of sp³-hybridized carbons (Fsp3) is 0.583. The van der Waals surface area contributed by atoms with E-state index in [1.54, 1.807) is 10.8 Å². The van der Waals surface area contributed by atoms with Crippen molar-refractivity contribution >= 4 is 23.7 Å². The van der Waals surface area contributed by atoms with E-state index in [9.17, 15) is 4.79 Å². The highest BCUT2D eigenvalue weighted by Gasteiger charge is 2.31. The van der Waals surface area contributed by atoms with Gasteiger partial charge in [-0.05, 0) is 25.7 Å². The van der Waals surface area contributed by atoms with E-state index in [2.05, 4.69) is 15.0 Å². The number of fused-ring (bicyclic) bond motifs is 1. The van der Waals surface area contributed by atoms with Gasteiger partial charge in [-0.1, -0.05) is 0 Å². The van der Waals surface area contributed by atoms with Crippen LogP contribution >= 0.6 is 12.4 Å². The van der Waals surface area contributed by atoms with Crippen molar-refractivity contribution in [2.45, 2.75) is 43.7 Å². The monoisotopic (exact) mass is 281 g/mol. The number of imidazole rings is 1. The first kappa shape index (κ1) is 12.6. The zero-order valence-corrected chi connectivity index (χ0v) is 11.2. The molecular formula is C12H16ClN5O. The third-order valence-corrected chi connectivity index (χ3v) is 3.95. The number of nitrogens with zero attached hydrogens (tertiary/aromatic N) is 3. The Hall–Kier alpha value is -1.40. The number of H-pyrrole nitrogens is 1. The molecule has 0 unspecified atom stereocenters. The molecule has 4 rings (SSSR count). The van der Waals surface area contributed by atoms with E-state index in [0.29, 0.717) is 29.3 Å². The predicted molar refractivity (Wildman–Crippen MR) is 73.6 cm³/mol. The maximum absolute atomic E-state index is 11.8. The fourth-order valence-corrected chi connectivity index (χ4v) is 2.68. The lowest BCUT2D eigenvalue weighted by Crippen LogP contribution is -2.35. The van der Waals surface area contributed by atoms with E-state index in [1.165, 1.54) is 0 Å². The fourth-order valence-electron chi connectivity index (χ4n) is 2.68. The Kier molecular flexibility index (Phi) is 2.87. The van der Waals surface area contributed by atoms with Crippen LogP contribution in [0.25, 0.3) is 11.3 Å². The molecule has 19 heavy (non-hydrogen) atoms. The van der Waals surface area contributed by atoms with Gasteiger partial charge in [0, 0.05) is 18.0 Å². The van der Waals surface area contributed by atoms with Crippen LogP contribution < -0.4 is 11.4 Å². The van der Waals surface area contributed by atoms with Gasteiger partial charge in [0.25, 0.3) is 0 Å². The molecule has 2 fully saturated rings. The van der Waals surface area contributed by atoms with Crippen LogP contribution in [-0.4, -0.2) is 25.6 Å². The first-order valence-corrected chi connectivity index (χ1v) is 6.45. The number of halogens is 1. The number of aromatic amines is 1. The van der Waals surface area contributed by atoms with Crippen LogP contribution in [0, 0.1) is 0 Å². The van der Waals surface area contributed by atoms with Gasteiger partial charge in [-0.3, -0.25) is 9.55 Å². The molecule has 6 nitrogen and oxygen atoms in total. The summed E-state index contributed by atoms with van der Waals surface area (Å²) < 4.78 is 1.75. The average Bonchev–Trinajstić information content (AvgIpc) is 3.07. The summed E-state index contributed by atoms with van der Waals surface area (Å²) in [5.41, 5.74) is 7.99. The average molecular weight is 282 g/mol.